The number of carbonyl (C=O) groups excluding carboxylic acids is 4. The molecule has 2 aromatic heterocycles. The Morgan fingerprint density at radius 2 is 1.03 bits per heavy atom. The standard InChI is InChI=1S/C28H32F4N4O3.C27H30F4N4O3/c1-34(2)23-5-4-6-24-25(23)21(17-36(24)13-14-39-3)26(37)35-11-9-19(10-12-35)20-15-18(7-8-22(20)29)16-33-27(38)28(30,31)32;1-32-22-4-3-5-23-24(22)20(16-35(23)12-13-38-2)25(36)34-10-8-18(9-11-34)19-14-17(6-7-21(19)28)15-33-26(37)27(29,30)31/h4-8,15,17,19H,9-14,16H2,1-3H3,(H,33,38);3-7,14,16,18,32H,8-13,15H2,1-2H3,(H,33,37). The third kappa shape index (κ3) is 13.5. The first-order valence-corrected chi connectivity index (χ1v) is 25.1. The van der Waals surface area contributed by atoms with Crippen LogP contribution in [0.4, 0.5) is 46.5 Å². The first kappa shape index (κ1) is 57.5. The van der Waals surface area contributed by atoms with Gasteiger partial charge in [-0.05, 0) is 96.2 Å². The van der Waals surface area contributed by atoms with Gasteiger partial charge in [-0.15, -0.1) is 0 Å². The highest BCUT2D eigenvalue weighted by Gasteiger charge is 2.39. The monoisotopic (exact) mass is 1080 g/mol. The van der Waals surface area contributed by atoms with E-state index in [0.29, 0.717) is 112 Å². The molecular weight excluding hydrogens is 1020 g/mol. The highest BCUT2D eigenvalue weighted by atomic mass is 19.4. The van der Waals surface area contributed by atoms with Crippen molar-refractivity contribution in [3.8, 4) is 0 Å². The molecule has 3 N–H and O–H groups in total. The summed E-state index contributed by atoms with van der Waals surface area (Å²) >= 11 is 0. The zero-order chi connectivity index (χ0) is 55.8. The SMILES string of the molecule is CNc1cccc2c1c(C(=O)N1CCC(c3cc(CNC(=O)C(F)(F)F)ccc3F)CC1)cn2CCOC.COCCn1cc(C(=O)N2CCC(c3cc(CNC(=O)C(F)(F)F)ccc3F)CC2)c2c(N(C)C)cccc21. The van der Waals surface area contributed by atoms with E-state index in [4.69, 9.17) is 9.47 Å². The average Bonchev–Trinajstić information content (AvgIpc) is 4.07. The van der Waals surface area contributed by atoms with E-state index in [2.05, 4.69) is 5.32 Å². The molecule has 8 rings (SSSR count). The zero-order valence-electron chi connectivity index (χ0n) is 43.3. The van der Waals surface area contributed by atoms with E-state index in [1.54, 1.807) is 31.1 Å². The van der Waals surface area contributed by atoms with Crippen molar-refractivity contribution in [3.63, 3.8) is 0 Å². The summed E-state index contributed by atoms with van der Waals surface area (Å²) < 4.78 is 119. The quantitative estimate of drug-likeness (QED) is 0.0815. The van der Waals surface area contributed by atoms with E-state index in [0.717, 1.165) is 33.2 Å². The van der Waals surface area contributed by atoms with Crippen LogP contribution in [0.2, 0.25) is 0 Å². The van der Waals surface area contributed by atoms with Gasteiger partial charge >= 0.3 is 24.2 Å². The van der Waals surface area contributed by atoms with E-state index >= 15 is 0 Å². The second-order valence-electron chi connectivity index (χ2n) is 19.2. The largest absolute Gasteiger partial charge is 0.471 e. The summed E-state index contributed by atoms with van der Waals surface area (Å²) in [5.41, 5.74) is 6.31. The molecule has 414 valence electrons. The van der Waals surface area contributed by atoms with Crippen molar-refractivity contribution in [2.24, 2.45) is 0 Å². The van der Waals surface area contributed by atoms with Gasteiger partial charge in [0.05, 0.1) is 35.4 Å². The number of halogens is 8. The number of likely N-dealkylation sites (tertiary alicyclic amines) is 2. The molecule has 0 saturated carbocycles. The Morgan fingerprint density at radius 3 is 1.43 bits per heavy atom. The fraction of sp³-hybridized carbons (Fsp3) is 0.418. The van der Waals surface area contributed by atoms with Crippen LogP contribution in [-0.4, -0.2) is 130 Å². The molecule has 4 aromatic carbocycles. The number of nitrogens with zero attached hydrogens (tertiary/aromatic N) is 5. The van der Waals surface area contributed by atoms with Crippen molar-refractivity contribution < 1.29 is 63.8 Å². The number of amides is 4. The average molecular weight is 1080 g/mol. The number of hydrogen-bond donors (Lipinski definition) is 3. The van der Waals surface area contributed by atoms with Gasteiger partial charge in [0.15, 0.2) is 0 Å². The van der Waals surface area contributed by atoms with Crippen LogP contribution in [0.5, 0.6) is 0 Å². The molecule has 2 aliphatic heterocycles. The summed E-state index contributed by atoms with van der Waals surface area (Å²) in [6.45, 7) is 3.10. The number of anilines is 2. The molecule has 2 fully saturated rings. The maximum Gasteiger partial charge on any atom is 0.471 e. The molecule has 0 atom stereocenters. The van der Waals surface area contributed by atoms with Crippen molar-refractivity contribution in [3.05, 3.63) is 130 Å². The number of rotatable bonds is 16. The van der Waals surface area contributed by atoms with Crippen LogP contribution in [0.25, 0.3) is 21.8 Å². The summed E-state index contributed by atoms with van der Waals surface area (Å²) in [4.78, 5) is 55.1. The van der Waals surface area contributed by atoms with Crippen LogP contribution in [0.15, 0.2) is 85.2 Å². The lowest BCUT2D eigenvalue weighted by Gasteiger charge is -2.32. The topological polar surface area (TPSA) is 142 Å². The van der Waals surface area contributed by atoms with Gasteiger partial charge in [0, 0.05) is 122 Å². The molecule has 0 spiro atoms. The van der Waals surface area contributed by atoms with E-state index in [1.807, 2.05) is 87.6 Å². The van der Waals surface area contributed by atoms with Crippen LogP contribution >= 0.6 is 0 Å². The van der Waals surface area contributed by atoms with Crippen LogP contribution in [0.3, 0.4) is 0 Å². The molecule has 77 heavy (non-hydrogen) atoms. The van der Waals surface area contributed by atoms with E-state index in [9.17, 15) is 54.3 Å². The van der Waals surface area contributed by atoms with Crippen molar-refractivity contribution in [2.75, 3.05) is 85.0 Å². The van der Waals surface area contributed by atoms with Crippen molar-refractivity contribution in [1.82, 2.24) is 29.6 Å². The van der Waals surface area contributed by atoms with Crippen LogP contribution in [0, 0.1) is 11.6 Å². The molecule has 0 radical (unpaired) electrons. The maximum atomic E-state index is 14.7. The number of fused-ring (bicyclic) bond motifs is 2. The molecule has 0 unspecified atom stereocenters. The number of piperidine rings is 2. The molecule has 0 bridgehead atoms. The molecule has 22 heteroatoms. The highest BCUT2D eigenvalue weighted by molar-refractivity contribution is 6.12. The molecule has 14 nitrogen and oxygen atoms in total. The molecular formula is C55H62F8N8O6. The summed E-state index contributed by atoms with van der Waals surface area (Å²) in [5, 5.41) is 8.49. The van der Waals surface area contributed by atoms with Gasteiger partial charge in [-0.1, -0.05) is 36.4 Å². The first-order chi connectivity index (χ1) is 36.6. The minimum atomic E-state index is -4.98. The van der Waals surface area contributed by atoms with Gasteiger partial charge in [-0.2, -0.15) is 26.3 Å². The normalized spacial score (nSPS) is 14.6. The second kappa shape index (κ2) is 24.9. The fourth-order valence-corrected chi connectivity index (χ4v) is 10.1. The van der Waals surface area contributed by atoms with Crippen molar-refractivity contribution >= 4 is 56.8 Å². The Bertz CT molecular complexity index is 3070. The lowest BCUT2D eigenvalue weighted by Crippen LogP contribution is -2.38. The third-order valence-electron chi connectivity index (χ3n) is 14.1. The Kier molecular flexibility index (Phi) is 18.6. The molecule has 4 amide bonds. The van der Waals surface area contributed by atoms with Crippen molar-refractivity contribution in [2.45, 2.75) is 76.1 Å². The first-order valence-electron chi connectivity index (χ1n) is 25.1. The summed E-state index contributed by atoms with van der Waals surface area (Å²) in [6, 6.07) is 19.8. The summed E-state index contributed by atoms with van der Waals surface area (Å²) in [5.74, 6) is -5.62. The molecule has 4 heterocycles. The Labute approximate surface area is 440 Å². The minimum absolute atomic E-state index is 0.104. The number of benzene rings is 4. The van der Waals surface area contributed by atoms with Crippen LogP contribution in [-0.2, 0) is 45.2 Å². The number of aromatic nitrogens is 2. The third-order valence-corrected chi connectivity index (χ3v) is 14.1. The number of alkyl halides is 6. The predicted molar refractivity (Wildman–Crippen MR) is 276 cm³/mol. The van der Waals surface area contributed by atoms with Crippen LogP contribution in [0.1, 0.15) is 80.5 Å². The number of methoxy groups -OCH3 is 2. The van der Waals surface area contributed by atoms with E-state index in [1.165, 1.54) is 36.4 Å². The second-order valence-corrected chi connectivity index (χ2v) is 19.2. The Hall–Kier alpha value is -7.20. The lowest BCUT2D eigenvalue weighted by atomic mass is 9.88. The number of nitrogens with one attached hydrogen (secondary N) is 3. The summed E-state index contributed by atoms with van der Waals surface area (Å²) in [7, 11) is 8.91. The zero-order valence-corrected chi connectivity index (χ0v) is 43.3. The molecule has 0 aliphatic carbocycles. The smallest absolute Gasteiger partial charge is 0.388 e. The predicted octanol–water partition coefficient (Wildman–Crippen LogP) is 9.36. The minimum Gasteiger partial charge on any atom is -0.388 e. The van der Waals surface area contributed by atoms with Gasteiger partial charge in [-0.3, -0.25) is 19.2 Å². The van der Waals surface area contributed by atoms with E-state index in [-0.39, 0.29) is 36.7 Å². The Morgan fingerprint density at radius 1 is 0.610 bits per heavy atom. The fourth-order valence-electron chi connectivity index (χ4n) is 10.1. The Balaban J connectivity index is 0.000000224. The number of carbonyl (C=O) groups is 4. The van der Waals surface area contributed by atoms with Crippen LogP contribution < -0.4 is 20.9 Å². The van der Waals surface area contributed by atoms with Gasteiger partial charge in [0.1, 0.15) is 11.6 Å². The molecule has 2 aliphatic rings. The summed E-state index contributed by atoms with van der Waals surface area (Å²) in [6.07, 6.45) is -4.24. The lowest BCUT2D eigenvalue weighted by molar-refractivity contribution is -0.173. The van der Waals surface area contributed by atoms with Gasteiger partial charge in [-0.25, -0.2) is 8.78 Å². The van der Waals surface area contributed by atoms with Gasteiger partial charge < -0.3 is 49.3 Å². The number of ether oxygens (including phenoxy) is 2. The maximum absolute atomic E-state index is 14.7. The van der Waals surface area contributed by atoms with E-state index < -0.39 is 35.8 Å². The molecule has 6 aromatic rings. The molecule has 2 saturated heterocycles. The number of hydrogen-bond acceptors (Lipinski definition) is 8. The van der Waals surface area contributed by atoms with Gasteiger partial charge in [0.2, 0.25) is 0 Å². The van der Waals surface area contributed by atoms with Gasteiger partial charge in [0.25, 0.3) is 11.8 Å². The van der Waals surface area contributed by atoms with Crippen molar-refractivity contribution in [1.29, 1.82) is 0 Å². The highest BCUT2D eigenvalue weighted by Crippen LogP contribution is 2.37.